The lowest BCUT2D eigenvalue weighted by Gasteiger charge is -2.20. The van der Waals surface area contributed by atoms with Crippen molar-refractivity contribution < 1.29 is 0 Å². The van der Waals surface area contributed by atoms with Crippen LogP contribution in [0.15, 0.2) is 126 Å². The molecule has 0 nitrogen and oxygen atoms in total. The number of hydrogen-bond acceptors (Lipinski definition) is 0. The Labute approximate surface area is 225 Å². The van der Waals surface area contributed by atoms with Crippen molar-refractivity contribution in [3.8, 4) is 11.1 Å². The zero-order valence-electron chi connectivity index (χ0n) is 19.7. The number of hydrogen-bond donors (Lipinski definition) is 0. The monoisotopic (exact) mass is 546 g/mol. The molecule has 174 valence electrons. The summed E-state index contributed by atoms with van der Waals surface area (Å²) in [7, 11) is 0. The number of benzene rings is 6. The molecule has 0 bridgehead atoms. The summed E-state index contributed by atoms with van der Waals surface area (Å²) in [5, 5.41) is 5.61. The Hall–Kier alpha value is -3.39. The van der Waals surface area contributed by atoms with Crippen molar-refractivity contribution in [1.82, 2.24) is 0 Å². The van der Waals surface area contributed by atoms with Crippen LogP contribution in [0, 0.1) is 0 Å². The minimum Gasteiger partial charge on any atom is -0.0833 e. The highest BCUT2D eigenvalue weighted by atomic mass is 79.9. The van der Waals surface area contributed by atoms with E-state index in [0.29, 0.717) is 0 Å². The summed E-state index contributed by atoms with van der Waals surface area (Å²) in [4.78, 5) is 0. The SMILES string of the molecule is Clc1c(Cc2ccccc2)cc2ccccc2c1-c1c(Cc2ccccc2)cc2ccccc2c1Br. The second kappa shape index (κ2) is 9.93. The molecule has 0 spiro atoms. The van der Waals surface area contributed by atoms with Crippen molar-refractivity contribution in [3.05, 3.63) is 153 Å². The summed E-state index contributed by atoms with van der Waals surface area (Å²) in [6, 6.07) is 42.9. The minimum absolute atomic E-state index is 0.788. The first-order valence-electron chi connectivity index (χ1n) is 12.2. The Balaban J connectivity index is 1.66. The van der Waals surface area contributed by atoms with Gasteiger partial charge in [0.25, 0.3) is 0 Å². The molecule has 36 heavy (non-hydrogen) atoms. The Kier molecular flexibility index (Phi) is 6.35. The van der Waals surface area contributed by atoms with Gasteiger partial charge in [-0.05, 0) is 78.6 Å². The quantitative estimate of drug-likeness (QED) is 0.201. The van der Waals surface area contributed by atoms with Gasteiger partial charge >= 0.3 is 0 Å². The fraction of sp³-hybridized carbons (Fsp3) is 0.0588. The van der Waals surface area contributed by atoms with Crippen LogP contribution < -0.4 is 0 Å². The fourth-order valence-corrected chi connectivity index (χ4v) is 6.28. The standard InChI is InChI=1S/C34H24BrCl/c35-33-30-18-10-8-16-26(30)21-27(19-23-11-3-1-4-12-23)31(33)32-29-17-9-7-15-25(29)22-28(34(32)36)20-24-13-5-2-6-14-24/h1-18,21-22H,19-20H2. The zero-order valence-corrected chi connectivity index (χ0v) is 22.1. The van der Waals surface area contributed by atoms with Gasteiger partial charge in [-0.3, -0.25) is 0 Å². The van der Waals surface area contributed by atoms with Crippen LogP contribution >= 0.6 is 27.5 Å². The van der Waals surface area contributed by atoms with Gasteiger partial charge in [0.2, 0.25) is 0 Å². The molecule has 0 atom stereocenters. The Morgan fingerprint density at radius 2 is 0.972 bits per heavy atom. The molecule has 6 rings (SSSR count). The zero-order chi connectivity index (χ0) is 24.5. The molecule has 0 aliphatic carbocycles. The number of rotatable bonds is 5. The Morgan fingerprint density at radius 3 is 1.61 bits per heavy atom. The average molecular weight is 548 g/mol. The third-order valence-electron chi connectivity index (χ3n) is 6.85. The average Bonchev–Trinajstić information content (AvgIpc) is 2.91. The molecule has 0 aliphatic rings. The van der Waals surface area contributed by atoms with Crippen LogP contribution in [0.3, 0.4) is 0 Å². The molecule has 0 radical (unpaired) electrons. The molecule has 0 fully saturated rings. The van der Waals surface area contributed by atoms with E-state index in [2.05, 4.69) is 137 Å². The topological polar surface area (TPSA) is 0 Å². The number of halogens is 2. The predicted molar refractivity (Wildman–Crippen MR) is 158 cm³/mol. The molecule has 0 aromatic heterocycles. The smallest absolute Gasteiger partial charge is 0.0526 e. The summed E-state index contributed by atoms with van der Waals surface area (Å²) in [5.74, 6) is 0. The molecule has 0 N–H and O–H groups in total. The van der Waals surface area contributed by atoms with Crippen LogP contribution in [-0.2, 0) is 12.8 Å². The van der Waals surface area contributed by atoms with Gasteiger partial charge in [0, 0.05) is 15.6 Å². The van der Waals surface area contributed by atoms with Gasteiger partial charge < -0.3 is 0 Å². The minimum atomic E-state index is 0.788. The molecule has 0 saturated heterocycles. The van der Waals surface area contributed by atoms with Crippen LogP contribution in [0.25, 0.3) is 32.7 Å². The van der Waals surface area contributed by atoms with Gasteiger partial charge in [0.05, 0.1) is 5.02 Å². The van der Waals surface area contributed by atoms with Gasteiger partial charge in [-0.2, -0.15) is 0 Å². The van der Waals surface area contributed by atoms with Crippen molar-refractivity contribution in [3.63, 3.8) is 0 Å². The van der Waals surface area contributed by atoms with Crippen molar-refractivity contribution in [1.29, 1.82) is 0 Å². The maximum atomic E-state index is 7.35. The lowest BCUT2D eigenvalue weighted by atomic mass is 9.87. The van der Waals surface area contributed by atoms with E-state index in [1.807, 2.05) is 0 Å². The summed E-state index contributed by atoms with van der Waals surface area (Å²) in [6.45, 7) is 0. The van der Waals surface area contributed by atoms with E-state index in [1.54, 1.807) is 0 Å². The summed E-state index contributed by atoms with van der Waals surface area (Å²) < 4.78 is 1.09. The number of fused-ring (bicyclic) bond motifs is 2. The van der Waals surface area contributed by atoms with E-state index in [1.165, 1.54) is 43.8 Å². The van der Waals surface area contributed by atoms with Crippen molar-refractivity contribution in [2.24, 2.45) is 0 Å². The first-order valence-corrected chi connectivity index (χ1v) is 13.3. The molecular weight excluding hydrogens is 524 g/mol. The molecule has 2 heteroatoms. The maximum absolute atomic E-state index is 7.35. The normalized spacial score (nSPS) is 11.3. The van der Waals surface area contributed by atoms with E-state index in [9.17, 15) is 0 Å². The molecule has 0 heterocycles. The molecule has 0 unspecified atom stereocenters. The van der Waals surface area contributed by atoms with Crippen molar-refractivity contribution in [2.75, 3.05) is 0 Å². The Bertz CT molecular complexity index is 1690. The highest BCUT2D eigenvalue weighted by molar-refractivity contribution is 9.10. The molecule has 6 aromatic rings. The highest BCUT2D eigenvalue weighted by Gasteiger charge is 2.21. The van der Waals surface area contributed by atoms with Crippen molar-refractivity contribution in [2.45, 2.75) is 12.8 Å². The second-order valence-corrected chi connectivity index (χ2v) is 10.4. The lowest BCUT2D eigenvalue weighted by Crippen LogP contribution is -1.99. The van der Waals surface area contributed by atoms with Gasteiger partial charge in [-0.25, -0.2) is 0 Å². The van der Waals surface area contributed by atoms with Gasteiger partial charge in [0.1, 0.15) is 0 Å². The largest absolute Gasteiger partial charge is 0.0833 e. The van der Waals surface area contributed by atoms with E-state index < -0.39 is 0 Å². The summed E-state index contributed by atoms with van der Waals surface area (Å²) in [6.07, 6.45) is 1.61. The van der Waals surface area contributed by atoms with Gasteiger partial charge in [-0.15, -0.1) is 0 Å². The van der Waals surface area contributed by atoms with E-state index in [-0.39, 0.29) is 0 Å². The fourth-order valence-electron chi connectivity index (χ4n) is 5.15. The predicted octanol–water partition coefficient (Wildman–Crippen LogP) is 10.3. The van der Waals surface area contributed by atoms with Crippen molar-refractivity contribution >= 4 is 49.1 Å². The van der Waals surface area contributed by atoms with Crippen LogP contribution in [0.4, 0.5) is 0 Å². The maximum Gasteiger partial charge on any atom is 0.0526 e. The van der Waals surface area contributed by atoms with E-state index >= 15 is 0 Å². The Morgan fingerprint density at radius 1 is 0.500 bits per heavy atom. The molecular formula is C34H24BrCl. The molecule has 6 aromatic carbocycles. The van der Waals surface area contributed by atoms with Gasteiger partial charge in [-0.1, -0.05) is 127 Å². The first-order chi connectivity index (χ1) is 17.7. The summed E-state index contributed by atoms with van der Waals surface area (Å²) >= 11 is 11.4. The third kappa shape index (κ3) is 4.34. The van der Waals surface area contributed by atoms with E-state index in [4.69, 9.17) is 11.6 Å². The molecule has 0 saturated carbocycles. The van der Waals surface area contributed by atoms with Crippen LogP contribution in [-0.4, -0.2) is 0 Å². The van der Waals surface area contributed by atoms with Gasteiger partial charge in [0.15, 0.2) is 0 Å². The highest BCUT2D eigenvalue weighted by Crippen LogP contribution is 2.46. The lowest BCUT2D eigenvalue weighted by molar-refractivity contribution is 1.19. The van der Waals surface area contributed by atoms with Crippen LogP contribution in [0.5, 0.6) is 0 Å². The first kappa shape index (κ1) is 23.0. The second-order valence-electron chi connectivity index (χ2n) is 9.22. The molecule has 0 amide bonds. The third-order valence-corrected chi connectivity index (χ3v) is 8.11. The van der Waals surface area contributed by atoms with Crippen LogP contribution in [0.1, 0.15) is 22.3 Å². The summed E-state index contributed by atoms with van der Waals surface area (Å²) in [5.41, 5.74) is 7.21. The van der Waals surface area contributed by atoms with E-state index in [0.717, 1.165) is 33.5 Å². The molecule has 0 aliphatic heterocycles. The van der Waals surface area contributed by atoms with Crippen LogP contribution in [0.2, 0.25) is 5.02 Å².